The summed E-state index contributed by atoms with van der Waals surface area (Å²) in [5.41, 5.74) is 2.37. The van der Waals surface area contributed by atoms with Crippen LogP contribution in [0, 0.1) is 5.92 Å². The van der Waals surface area contributed by atoms with Crippen LogP contribution in [0.1, 0.15) is 13.8 Å². The summed E-state index contributed by atoms with van der Waals surface area (Å²) < 4.78 is 0. The second-order valence-electron chi connectivity index (χ2n) is 5.18. The SMILES string of the molecule is CC1=CC(C)[C@@]2(C=CC(=O)N2c2ccccc2)SC1. The Morgan fingerprint density at radius 2 is 2.05 bits per heavy atom. The highest BCUT2D eigenvalue weighted by Gasteiger charge is 2.47. The molecule has 2 aliphatic heterocycles. The van der Waals surface area contributed by atoms with Crippen LogP contribution >= 0.6 is 11.8 Å². The van der Waals surface area contributed by atoms with Crippen molar-refractivity contribution in [2.45, 2.75) is 18.7 Å². The number of carbonyl (C=O) groups excluding carboxylic acids is 1. The smallest absolute Gasteiger partial charge is 0.252 e. The molecule has 2 atom stereocenters. The molecule has 2 aliphatic rings. The van der Waals surface area contributed by atoms with Crippen LogP contribution in [0.3, 0.4) is 0 Å². The highest BCUT2D eigenvalue weighted by atomic mass is 32.2. The van der Waals surface area contributed by atoms with Crippen LogP contribution in [0.5, 0.6) is 0 Å². The molecule has 0 aliphatic carbocycles. The van der Waals surface area contributed by atoms with Crippen LogP contribution in [0.25, 0.3) is 0 Å². The number of nitrogens with zero attached hydrogens (tertiary/aromatic N) is 1. The maximum atomic E-state index is 12.3. The first-order valence-electron chi connectivity index (χ1n) is 6.53. The minimum absolute atomic E-state index is 0.0819. The topological polar surface area (TPSA) is 20.3 Å². The molecule has 1 unspecified atom stereocenters. The van der Waals surface area contributed by atoms with Gasteiger partial charge in [-0.05, 0) is 25.1 Å². The lowest BCUT2D eigenvalue weighted by atomic mass is 9.97. The number of benzene rings is 1. The molecule has 0 N–H and O–H groups in total. The van der Waals surface area contributed by atoms with Gasteiger partial charge >= 0.3 is 0 Å². The summed E-state index contributed by atoms with van der Waals surface area (Å²) in [6, 6.07) is 9.95. The maximum absolute atomic E-state index is 12.3. The molecule has 3 heteroatoms. The third kappa shape index (κ3) is 1.93. The fourth-order valence-electron chi connectivity index (χ4n) is 2.84. The van der Waals surface area contributed by atoms with E-state index in [-0.39, 0.29) is 10.8 Å². The van der Waals surface area contributed by atoms with Gasteiger partial charge in [0.2, 0.25) is 0 Å². The average Bonchev–Trinajstić information content (AvgIpc) is 2.74. The van der Waals surface area contributed by atoms with E-state index in [9.17, 15) is 4.79 Å². The molecule has 1 spiro atoms. The Morgan fingerprint density at radius 1 is 1.32 bits per heavy atom. The third-order valence-electron chi connectivity index (χ3n) is 3.77. The number of para-hydroxylation sites is 1. The lowest BCUT2D eigenvalue weighted by molar-refractivity contribution is -0.114. The van der Waals surface area contributed by atoms with E-state index in [0.29, 0.717) is 5.92 Å². The first kappa shape index (κ1) is 12.5. The Balaban J connectivity index is 2.06. The molecule has 19 heavy (non-hydrogen) atoms. The van der Waals surface area contributed by atoms with E-state index in [1.807, 2.05) is 47.0 Å². The molecule has 1 aromatic carbocycles. The fraction of sp³-hybridized carbons (Fsp3) is 0.312. The maximum Gasteiger partial charge on any atom is 0.252 e. The Labute approximate surface area is 118 Å². The van der Waals surface area contributed by atoms with Gasteiger partial charge in [0, 0.05) is 23.4 Å². The molecule has 0 radical (unpaired) electrons. The standard InChI is InChI=1S/C16H17NOS/c1-12-10-13(2)16(19-11-12)9-8-15(18)17(16)14-6-4-3-5-7-14/h3-10,13H,11H2,1-2H3/t13?,16-/m1/s1. The van der Waals surface area contributed by atoms with Crippen molar-refractivity contribution in [3.05, 3.63) is 54.1 Å². The second kappa shape index (κ2) is 4.57. The van der Waals surface area contributed by atoms with Gasteiger partial charge in [-0.1, -0.05) is 36.8 Å². The predicted molar refractivity (Wildman–Crippen MR) is 81.2 cm³/mol. The summed E-state index contributed by atoms with van der Waals surface area (Å²) in [5, 5.41) is 0. The summed E-state index contributed by atoms with van der Waals surface area (Å²) in [4.78, 5) is 14.0. The summed E-state index contributed by atoms with van der Waals surface area (Å²) in [6.07, 6.45) is 6.07. The highest BCUT2D eigenvalue weighted by Crippen LogP contribution is 2.48. The molecule has 98 valence electrons. The van der Waals surface area contributed by atoms with Crippen LogP contribution in [-0.2, 0) is 4.79 Å². The molecule has 0 bridgehead atoms. The lowest BCUT2D eigenvalue weighted by Gasteiger charge is -2.43. The number of carbonyl (C=O) groups is 1. The number of rotatable bonds is 1. The normalized spacial score (nSPS) is 30.0. The van der Waals surface area contributed by atoms with E-state index in [0.717, 1.165) is 11.4 Å². The molecule has 0 aromatic heterocycles. The molecular formula is C16H17NOS. The van der Waals surface area contributed by atoms with Gasteiger partial charge in [-0.15, -0.1) is 11.8 Å². The summed E-state index contributed by atoms with van der Waals surface area (Å²) in [7, 11) is 0. The van der Waals surface area contributed by atoms with Crippen molar-refractivity contribution in [1.82, 2.24) is 0 Å². The van der Waals surface area contributed by atoms with E-state index in [4.69, 9.17) is 0 Å². The van der Waals surface area contributed by atoms with Crippen LogP contribution in [0.4, 0.5) is 5.69 Å². The summed E-state index contributed by atoms with van der Waals surface area (Å²) in [6.45, 7) is 4.35. The van der Waals surface area contributed by atoms with Crippen molar-refractivity contribution in [2.24, 2.45) is 5.92 Å². The Morgan fingerprint density at radius 3 is 2.74 bits per heavy atom. The first-order chi connectivity index (χ1) is 9.13. The number of hydrogen-bond acceptors (Lipinski definition) is 2. The van der Waals surface area contributed by atoms with Gasteiger partial charge in [-0.2, -0.15) is 0 Å². The summed E-state index contributed by atoms with van der Waals surface area (Å²) >= 11 is 1.85. The van der Waals surface area contributed by atoms with Crippen LogP contribution < -0.4 is 4.90 Å². The molecule has 0 saturated carbocycles. The van der Waals surface area contributed by atoms with Gasteiger partial charge in [0.1, 0.15) is 4.87 Å². The largest absolute Gasteiger partial charge is 0.290 e. The van der Waals surface area contributed by atoms with Gasteiger partial charge in [0.15, 0.2) is 0 Å². The van der Waals surface area contributed by atoms with E-state index >= 15 is 0 Å². The Kier molecular flexibility index (Phi) is 3.02. The Hall–Kier alpha value is -1.48. The zero-order chi connectivity index (χ0) is 13.5. The van der Waals surface area contributed by atoms with E-state index < -0.39 is 0 Å². The average molecular weight is 271 g/mol. The molecule has 2 nitrogen and oxygen atoms in total. The number of anilines is 1. The lowest BCUT2D eigenvalue weighted by Crippen LogP contribution is -2.49. The predicted octanol–water partition coefficient (Wildman–Crippen LogP) is 3.61. The van der Waals surface area contributed by atoms with Gasteiger partial charge in [-0.3, -0.25) is 9.69 Å². The minimum Gasteiger partial charge on any atom is -0.290 e. The van der Waals surface area contributed by atoms with E-state index in [1.54, 1.807) is 6.08 Å². The summed E-state index contributed by atoms with van der Waals surface area (Å²) in [5.74, 6) is 1.37. The van der Waals surface area contributed by atoms with Gasteiger partial charge in [0.25, 0.3) is 5.91 Å². The Bertz CT molecular complexity index is 563. The minimum atomic E-state index is -0.252. The third-order valence-corrected chi connectivity index (χ3v) is 5.52. The fourth-order valence-corrected chi connectivity index (χ4v) is 4.22. The first-order valence-corrected chi connectivity index (χ1v) is 7.52. The van der Waals surface area contributed by atoms with Crippen molar-refractivity contribution in [3.63, 3.8) is 0 Å². The van der Waals surface area contributed by atoms with Crippen LogP contribution in [-0.4, -0.2) is 16.5 Å². The molecular weight excluding hydrogens is 254 g/mol. The van der Waals surface area contributed by atoms with Gasteiger partial charge in [0.05, 0.1) is 0 Å². The molecule has 0 saturated heterocycles. The molecule has 0 fully saturated rings. The van der Waals surface area contributed by atoms with Gasteiger partial charge < -0.3 is 0 Å². The van der Waals surface area contributed by atoms with Crippen LogP contribution in [0.15, 0.2) is 54.1 Å². The monoisotopic (exact) mass is 271 g/mol. The van der Waals surface area contributed by atoms with E-state index in [1.165, 1.54) is 5.57 Å². The molecule has 1 amide bonds. The van der Waals surface area contributed by atoms with Gasteiger partial charge in [-0.25, -0.2) is 0 Å². The van der Waals surface area contributed by atoms with Crippen LogP contribution in [0.2, 0.25) is 0 Å². The van der Waals surface area contributed by atoms with Crippen molar-refractivity contribution in [1.29, 1.82) is 0 Å². The molecule has 3 rings (SSSR count). The highest BCUT2D eigenvalue weighted by molar-refractivity contribution is 8.01. The zero-order valence-corrected chi connectivity index (χ0v) is 12.0. The van der Waals surface area contributed by atoms with Crippen molar-refractivity contribution < 1.29 is 4.79 Å². The number of hydrogen-bond donors (Lipinski definition) is 0. The van der Waals surface area contributed by atoms with Crippen molar-refractivity contribution in [2.75, 3.05) is 10.7 Å². The number of amides is 1. The quantitative estimate of drug-likeness (QED) is 0.727. The molecule has 2 heterocycles. The zero-order valence-electron chi connectivity index (χ0n) is 11.2. The molecule has 1 aromatic rings. The van der Waals surface area contributed by atoms with Crippen molar-refractivity contribution >= 4 is 23.4 Å². The second-order valence-corrected chi connectivity index (χ2v) is 6.42. The number of thioether (sulfide) groups is 1. The van der Waals surface area contributed by atoms with E-state index in [2.05, 4.69) is 26.0 Å². The van der Waals surface area contributed by atoms with Crippen molar-refractivity contribution in [3.8, 4) is 0 Å².